The molecule has 2 aromatic carbocycles. The van der Waals surface area contributed by atoms with Crippen LogP contribution in [0.2, 0.25) is 0 Å². The van der Waals surface area contributed by atoms with Crippen molar-refractivity contribution in [2.45, 2.75) is 24.8 Å². The molecule has 0 aromatic heterocycles. The summed E-state index contributed by atoms with van der Waals surface area (Å²) < 4.78 is 67.1. The minimum Gasteiger partial charge on any atom is -0.323 e. The Bertz CT molecular complexity index is 1040. The summed E-state index contributed by atoms with van der Waals surface area (Å²) in [4.78, 5) is 13.5. The first-order valence-electron chi connectivity index (χ1n) is 9.47. The van der Waals surface area contributed by atoms with Gasteiger partial charge in [-0.05, 0) is 38.1 Å². The van der Waals surface area contributed by atoms with E-state index in [1.807, 2.05) is 6.92 Å². The predicted molar refractivity (Wildman–Crippen MR) is 105 cm³/mol. The van der Waals surface area contributed by atoms with Crippen molar-refractivity contribution < 1.29 is 31.3 Å². The van der Waals surface area contributed by atoms with Crippen LogP contribution in [0.1, 0.15) is 12.5 Å². The summed E-state index contributed by atoms with van der Waals surface area (Å²) in [6.45, 7) is 4.69. The van der Waals surface area contributed by atoms with Crippen LogP contribution >= 0.6 is 0 Å². The summed E-state index contributed by atoms with van der Waals surface area (Å²) in [6, 6.07) is 7.66. The quantitative estimate of drug-likeness (QED) is 0.687. The molecule has 1 atom stereocenters. The Labute approximate surface area is 173 Å². The summed E-state index contributed by atoms with van der Waals surface area (Å²) in [6.07, 6.45) is 0. The Hall–Kier alpha value is -2.43. The maximum absolute atomic E-state index is 13.8. The molecule has 1 aliphatic heterocycles. The third kappa shape index (κ3) is 4.50. The van der Waals surface area contributed by atoms with E-state index in [0.29, 0.717) is 13.1 Å². The lowest BCUT2D eigenvalue weighted by molar-refractivity contribution is -0.917. The zero-order valence-corrected chi connectivity index (χ0v) is 17.4. The molecular formula is C20H23F3N3O3S+. The first-order chi connectivity index (χ1) is 14.1. The molecule has 0 unspecified atom stereocenters. The van der Waals surface area contributed by atoms with Gasteiger partial charge in [0.1, 0.15) is 0 Å². The molecule has 1 amide bonds. The van der Waals surface area contributed by atoms with E-state index in [0.717, 1.165) is 22.6 Å². The monoisotopic (exact) mass is 442 g/mol. The van der Waals surface area contributed by atoms with Crippen molar-refractivity contribution in [2.24, 2.45) is 0 Å². The molecule has 6 nitrogen and oxygen atoms in total. The van der Waals surface area contributed by atoms with Crippen LogP contribution in [0.3, 0.4) is 0 Å². The Morgan fingerprint density at radius 2 is 1.63 bits per heavy atom. The number of quaternary nitrogens is 1. The van der Waals surface area contributed by atoms with Crippen LogP contribution in [0, 0.1) is 24.4 Å². The van der Waals surface area contributed by atoms with Crippen LogP contribution in [0.15, 0.2) is 41.3 Å². The van der Waals surface area contributed by atoms with Gasteiger partial charge in [0.2, 0.25) is 10.0 Å². The predicted octanol–water partition coefficient (Wildman–Crippen LogP) is 1.33. The van der Waals surface area contributed by atoms with E-state index in [9.17, 15) is 26.4 Å². The van der Waals surface area contributed by atoms with Crippen molar-refractivity contribution in [1.29, 1.82) is 0 Å². The first kappa shape index (κ1) is 22.3. The highest BCUT2D eigenvalue weighted by molar-refractivity contribution is 7.89. The molecule has 1 aliphatic rings. The zero-order chi connectivity index (χ0) is 22.1. The van der Waals surface area contributed by atoms with Crippen molar-refractivity contribution in [3.05, 3.63) is 59.4 Å². The molecule has 0 spiro atoms. The fourth-order valence-corrected chi connectivity index (χ4v) is 4.80. The van der Waals surface area contributed by atoms with E-state index in [1.165, 1.54) is 4.31 Å². The number of anilines is 1. The second-order valence-corrected chi connectivity index (χ2v) is 9.25. The summed E-state index contributed by atoms with van der Waals surface area (Å²) in [5, 5.41) is 2.27. The van der Waals surface area contributed by atoms with Crippen LogP contribution in [0.4, 0.5) is 18.9 Å². The molecule has 3 rings (SSSR count). The SMILES string of the molecule is Cc1ccc(S(=O)(=O)N2CC[NH+]([C@@H](C)C(=O)Nc3ccc(F)c(F)c3F)CC2)cc1. The number of benzene rings is 2. The molecule has 0 bridgehead atoms. The average Bonchev–Trinajstić information content (AvgIpc) is 2.74. The molecule has 2 N–H and O–H groups in total. The Morgan fingerprint density at radius 3 is 2.23 bits per heavy atom. The molecule has 162 valence electrons. The molecule has 0 radical (unpaired) electrons. The number of hydrogen-bond donors (Lipinski definition) is 2. The number of sulfonamides is 1. The molecule has 1 fully saturated rings. The Morgan fingerprint density at radius 1 is 1.03 bits per heavy atom. The van der Waals surface area contributed by atoms with Gasteiger partial charge < -0.3 is 10.2 Å². The van der Waals surface area contributed by atoms with Gasteiger partial charge in [0, 0.05) is 0 Å². The standard InChI is InChI=1S/C20H22F3N3O3S/c1-13-3-5-15(6-4-13)30(28,29)26-11-9-25(10-12-26)14(2)20(27)24-17-8-7-16(21)18(22)19(17)23/h3-8,14H,9-12H2,1-2H3,(H,24,27)/p+1/t14-/m0/s1. The number of carbonyl (C=O) groups is 1. The van der Waals surface area contributed by atoms with Gasteiger partial charge in [-0.3, -0.25) is 4.79 Å². The van der Waals surface area contributed by atoms with Gasteiger partial charge in [-0.25, -0.2) is 21.6 Å². The Balaban J connectivity index is 1.62. The molecule has 10 heteroatoms. The molecule has 1 saturated heterocycles. The van der Waals surface area contributed by atoms with Gasteiger partial charge in [0.25, 0.3) is 5.91 Å². The van der Waals surface area contributed by atoms with Crippen LogP contribution in [0.5, 0.6) is 0 Å². The largest absolute Gasteiger partial charge is 0.323 e. The normalized spacial score (nSPS) is 17.0. The topological polar surface area (TPSA) is 70.9 Å². The van der Waals surface area contributed by atoms with Crippen molar-refractivity contribution in [2.75, 3.05) is 31.5 Å². The summed E-state index contributed by atoms with van der Waals surface area (Å²) in [5.74, 6) is -5.01. The molecular weight excluding hydrogens is 419 g/mol. The fourth-order valence-electron chi connectivity index (χ4n) is 3.35. The van der Waals surface area contributed by atoms with Crippen molar-refractivity contribution in [3.63, 3.8) is 0 Å². The minimum atomic E-state index is -3.62. The highest BCUT2D eigenvalue weighted by atomic mass is 32.2. The van der Waals surface area contributed by atoms with E-state index in [-0.39, 0.29) is 18.0 Å². The van der Waals surface area contributed by atoms with E-state index in [4.69, 9.17) is 0 Å². The average molecular weight is 442 g/mol. The number of amides is 1. The van der Waals surface area contributed by atoms with Crippen molar-refractivity contribution in [3.8, 4) is 0 Å². The highest BCUT2D eigenvalue weighted by Crippen LogP contribution is 2.20. The molecule has 0 aliphatic carbocycles. The number of carbonyl (C=O) groups excluding carboxylic acids is 1. The molecule has 1 heterocycles. The summed E-state index contributed by atoms with van der Waals surface area (Å²) >= 11 is 0. The minimum absolute atomic E-state index is 0.219. The second-order valence-electron chi connectivity index (χ2n) is 7.31. The van der Waals surface area contributed by atoms with Gasteiger partial charge in [-0.15, -0.1) is 0 Å². The summed E-state index contributed by atoms with van der Waals surface area (Å²) in [5.41, 5.74) is 0.520. The molecule has 2 aromatic rings. The van der Waals surface area contributed by atoms with Crippen LogP contribution in [-0.4, -0.2) is 50.9 Å². The number of rotatable bonds is 5. The van der Waals surface area contributed by atoms with Gasteiger partial charge in [0.15, 0.2) is 23.5 Å². The van der Waals surface area contributed by atoms with E-state index >= 15 is 0 Å². The van der Waals surface area contributed by atoms with Crippen LogP contribution < -0.4 is 10.2 Å². The maximum atomic E-state index is 13.8. The maximum Gasteiger partial charge on any atom is 0.282 e. The third-order valence-electron chi connectivity index (χ3n) is 5.32. The lowest BCUT2D eigenvalue weighted by atomic mass is 10.2. The highest BCUT2D eigenvalue weighted by Gasteiger charge is 2.34. The summed E-state index contributed by atoms with van der Waals surface area (Å²) in [7, 11) is -3.62. The van der Waals surface area contributed by atoms with Gasteiger partial charge in [-0.1, -0.05) is 17.7 Å². The third-order valence-corrected chi connectivity index (χ3v) is 7.23. The first-order valence-corrected chi connectivity index (χ1v) is 10.9. The number of aryl methyl sites for hydroxylation is 1. The van der Waals surface area contributed by atoms with Gasteiger partial charge in [-0.2, -0.15) is 4.31 Å². The number of halogens is 3. The van der Waals surface area contributed by atoms with Gasteiger partial charge in [0.05, 0.1) is 36.8 Å². The fraction of sp³-hybridized carbons (Fsp3) is 0.350. The smallest absolute Gasteiger partial charge is 0.282 e. The van der Waals surface area contributed by atoms with E-state index in [1.54, 1.807) is 31.2 Å². The van der Waals surface area contributed by atoms with E-state index < -0.39 is 45.1 Å². The number of hydrogen-bond acceptors (Lipinski definition) is 3. The van der Waals surface area contributed by atoms with Crippen LogP contribution in [0.25, 0.3) is 0 Å². The molecule has 30 heavy (non-hydrogen) atoms. The van der Waals surface area contributed by atoms with Gasteiger partial charge >= 0.3 is 0 Å². The molecule has 0 saturated carbocycles. The second kappa shape index (κ2) is 8.75. The number of nitrogens with one attached hydrogen (secondary N) is 2. The van der Waals surface area contributed by atoms with Crippen molar-refractivity contribution in [1.82, 2.24) is 4.31 Å². The zero-order valence-electron chi connectivity index (χ0n) is 16.6. The van der Waals surface area contributed by atoms with E-state index in [2.05, 4.69) is 5.32 Å². The lowest BCUT2D eigenvalue weighted by Gasteiger charge is -2.34. The number of nitrogens with zero attached hydrogens (tertiary/aromatic N) is 1. The number of piperazine rings is 1. The lowest BCUT2D eigenvalue weighted by Crippen LogP contribution is -3.19. The van der Waals surface area contributed by atoms with Crippen LogP contribution in [-0.2, 0) is 14.8 Å². The van der Waals surface area contributed by atoms with Crippen molar-refractivity contribution >= 4 is 21.6 Å². The Kier molecular flexibility index (Phi) is 6.49.